The normalized spacial score (nSPS) is 17.8. The quantitative estimate of drug-likeness (QED) is 0.198. The number of amides is 1. The van der Waals surface area contributed by atoms with Crippen molar-refractivity contribution in [1.29, 1.82) is 5.26 Å². The summed E-state index contributed by atoms with van der Waals surface area (Å²) in [6.45, 7) is 4.79. The van der Waals surface area contributed by atoms with Crippen LogP contribution in [0.15, 0.2) is 54.4 Å². The molecule has 3 N–H and O–H groups in total. The molecule has 1 saturated heterocycles. The third-order valence-corrected chi connectivity index (χ3v) is 8.02. The number of piperidine rings is 1. The highest BCUT2D eigenvalue weighted by Gasteiger charge is 2.42. The zero-order valence-electron chi connectivity index (χ0n) is 24.7. The fraction of sp³-hybridized carbons (Fsp3) is 0.344. The average molecular weight is 617 g/mol. The van der Waals surface area contributed by atoms with Crippen molar-refractivity contribution in [2.75, 3.05) is 18.8 Å². The van der Waals surface area contributed by atoms with Crippen LogP contribution in [0.1, 0.15) is 45.6 Å². The number of nitrogens with zero attached hydrogens (tertiary/aromatic N) is 6. The van der Waals surface area contributed by atoms with Crippen LogP contribution in [0.4, 0.5) is 19.0 Å². The van der Waals surface area contributed by atoms with Crippen molar-refractivity contribution in [2.24, 2.45) is 0 Å². The van der Waals surface area contributed by atoms with Gasteiger partial charge in [-0.1, -0.05) is 19.9 Å². The Morgan fingerprint density at radius 2 is 2.00 bits per heavy atom. The van der Waals surface area contributed by atoms with Gasteiger partial charge in [0.1, 0.15) is 41.0 Å². The summed E-state index contributed by atoms with van der Waals surface area (Å²) in [5.74, 6) is -3.71. The molecule has 45 heavy (non-hydrogen) atoms. The van der Waals surface area contributed by atoms with E-state index in [0.717, 1.165) is 25.0 Å². The lowest BCUT2D eigenvalue weighted by Gasteiger charge is -2.33. The van der Waals surface area contributed by atoms with E-state index >= 15 is 4.39 Å². The van der Waals surface area contributed by atoms with Crippen LogP contribution in [0, 0.1) is 28.8 Å². The molecule has 1 atom stereocenters. The van der Waals surface area contributed by atoms with E-state index in [1.54, 1.807) is 15.7 Å². The number of nitrogen functional groups attached to an aromatic ring is 1. The number of halogens is 3. The summed E-state index contributed by atoms with van der Waals surface area (Å²) in [6.07, 6.45) is 6.08. The lowest BCUT2D eigenvalue weighted by atomic mass is 10.0. The predicted octanol–water partition coefficient (Wildman–Crippen LogP) is 5.43. The lowest BCUT2D eigenvalue weighted by Crippen LogP contribution is -2.42. The van der Waals surface area contributed by atoms with E-state index in [2.05, 4.69) is 21.4 Å². The van der Waals surface area contributed by atoms with Crippen molar-refractivity contribution in [1.82, 2.24) is 30.0 Å². The van der Waals surface area contributed by atoms with Crippen LogP contribution in [-0.4, -0.2) is 55.2 Å². The lowest BCUT2D eigenvalue weighted by molar-refractivity contribution is -0.128. The van der Waals surface area contributed by atoms with Gasteiger partial charge in [0.05, 0.1) is 11.4 Å². The third-order valence-electron chi connectivity index (χ3n) is 8.02. The zero-order valence-corrected chi connectivity index (χ0v) is 24.7. The number of hydrogen-bond acceptors (Lipinski definition) is 8. The van der Waals surface area contributed by atoms with Gasteiger partial charge in [0.15, 0.2) is 17.2 Å². The summed E-state index contributed by atoms with van der Waals surface area (Å²) < 4.78 is 50.3. The predicted molar refractivity (Wildman–Crippen MR) is 160 cm³/mol. The van der Waals surface area contributed by atoms with Crippen molar-refractivity contribution in [3.63, 3.8) is 0 Å². The number of fused-ring (bicyclic) bond motifs is 1. The number of likely N-dealkylation sites (tertiary alicyclic amines) is 1. The Kier molecular flexibility index (Phi) is 7.92. The molecule has 232 valence electrons. The third kappa shape index (κ3) is 5.93. The van der Waals surface area contributed by atoms with Gasteiger partial charge in [-0.25, -0.2) is 23.4 Å². The zero-order chi connectivity index (χ0) is 31.9. The largest absolute Gasteiger partial charge is 0.454 e. The Balaban J connectivity index is 1.30. The van der Waals surface area contributed by atoms with Crippen molar-refractivity contribution in [3.05, 3.63) is 71.8 Å². The second kappa shape index (κ2) is 11.9. The van der Waals surface area contributed by atoms with E-state index in [1.165, 1.54) is 30.6 Å². The number of carbonyl (C=O) groups is 1. The van der Waals surface area contributed by atoms with Crippen LogP contribution in [0.25, 0.3) is 22.3 Å². The number of hydrogen-bond donors (Lipinski definition) is 2. The molecule has 1 amide bonds. The first kappa shape index (κ1) is 30.1. The standard InChI is InChI=1S/C32H31F3N8O2/c1-18(2)40-32(10-11-32)14-19(15-36)31(44)42-12-4-5-20(16-42)43-30-26(29(37)38-17-39-30)28(41-43)22-9-8-21(13-24(22)34)45-25-7-3-6-23(33)27(25)35/h3,6-9,13-14,17-18,20,40H,4-5,10-12,16H2,1-2H3,(H2,37,38,39)/t20-/m0/s1. The van der Waals surface area contributed by atoms with Gasteiger partial charge in [0.25, 0.3) is 5.91 Å². The van der Waals surface area contributed by atoms with Gasteiger partial charge in [0, 0.05) is 36.3 Å². The molecule has 6 rings (SSSR count). The highest BCUT2D eigenvalue weighted by atomic mass is 19.2. The van der Waals surface area contributed by atoms with Crippen LogP contribution in [0.3, 0.4) is 0 Å². The van der Waals surface area contributed by atoms with Gasteiger partial charge in [0.2, 0.25) is 5.82 Å². The molecule has 2 aromatic heterocycles. The highest BCUT2D eigenvalue weighted by Crippen LogP contribution is 2.39. The van der Waals surface area contributed by atoms with Crippen LogP contribution in [0.2, 0.25) is 0 Å². The van der Waals surface area contributed by atoms with Gasteiger partial charge in [-0.3, -0.25) is 4.79 Å². The second-order valence-electron chi connectivity index (χ2n) is 11.7. The molecule has 10 nitrogen and oxygen atoms in total. The smallest absolute Gasteiger partial charge is 0.264 e. The Bertz CT molecular complexity index is 1860. The SMILES string of the molecule is CC(C)NC1(C=C(C#N)C(=O)N2CCC[C@H](n3nc(-c4ccc(Oc5cccc(F)c5F)cc4F)c4c(N)ncnc43)C2)CC1. The Hall–Kier alpha value is -4.96. The number of aromatic nitrogens is 4. The first-order valence-electron chi connectivity index (χ1n) is 14.7. The van der Waals surface area contributed by atoms with Gasteiger partial charge in [-0.15, -0.1) is 0 Å². The molecule has 1 aliphatic carbocycles. The summed E-state index contributed by atoms with van der Waals surface area (Å²) in [5, 5.41) is 18.4. The molecule has 2 aromatic carbocycles. The summed E-state index contributed by atoms with van der Waals surface area (Å²) in [5.41, 5.74) is 6.62. The molecular weight excluding hydrogens is 585 g/mol. The van der Waals surface area contributed by atoms with E-state index in [1.807, 2.05) is 13.8 Å². The fourth-order valence-corrected chi connectivity index (χ4v) is 5.85. The van der Waals surface area contributed by atoms with Crippen LogP contribution in [0.5, 0.6) is 11.5 Å². The Morgan fingerprint density at radius 3 is 2.71 bits per heavy atom. The summed E-state index contributed by atoms with van der Waals surface area (Å²) >= 11 is 0. The molecule has 13 heteroatoms. The minimum atomic E-state index is -1.19. The van der Waals surface area contributed by atoms with Gasteiger partial charge < -0.3 is 20.7 Å². The van der Waals surface area contributed by atoms with Gasteiger partial charge in [-0.05, 0) is 56.0 Å². The molecule has 3 heterocycles. The molecule has 0 radical (unpaired) electrons. The van der Waals surface area contributed by atoms with E-state index in [-0.39, 0.29) is 64.2 Å². The summed E-state index contributed by atoms with van der Waals surface area (Å²) in [4.78, 5) is 23.6. The monoisotopic (exact) mass is 616 g/mol. The maximum atomic E-state index is 15.6. The average Bonchev–Trinajstić information content (AvgIpc) is 3.65. The maximum absolute atomic E-state index is 15.6. The number of nitrogens with two attached hydrogens (primary N) is 1. The minimum absolute atomic E-state index is 0.0481. The Labute approximate surface area is 257 Å². The van der Waals surface area contributed by atoms with Crippen molar-refractivity contribution in [2.45, 2.75) is 57.2 Å². The molecular formula is C32H31F3N8O2. The summed E-state index contributed by atoms with van der Waals surface area (Å²) in [7, 11) is 0. The molecule has 1 saturated carbocycles. The van der Waals surface area contributed by atoms with E-state index in [9.17, 15) is 18.8 Å². The van der Waals surface area contributed by atoms with Crippen LogP contribution >= 0.6 is 0 Å². The molecule has 0 bridgehead atoms. The summed E-state index contributed by atoms with van der Waals surface area (Å²) in [6, 6.07) is 9.29. The van der Waals surface area contributed by atoms with E-state index < -0.39 is 17.5 Å². The number of nitrogens with one attached hydrogen (secondary N) is 1. The van der Waals surface area contributed by atoms with E-state index in [0.29, 0.717) is 30.4 Å². The van der Waals surface area contributed by atoms with Gasteiger partial charge >= 0.3 is 0 Å². The topological polar surface area (TPSA) is 135 Å². The molecule has 4 aromatic rings. The number of ether oxygens (including phenoxy) is 1. The second-order valence-corrected chi connectivity index (χ2v) is 11.7. The first-order chi connectivity index (χ1) is 21.6. The van der Waals surface area contributed by atoms with Crippen molar-refractivity contribution >= 4 is 22.8 Å². The van der Waals surface area contributed by atoms with Gasteiger partial charge in [-0.2, -0.15) is 14.8 Å². The molecule has 1 aliphatic heterocycles. The number of nitriles is 1. The van der Waals surface area contributed by atoms with Crippen molar-refractivity contribution in [3.8, 4) is 28.8 Å². The van der Waals surface area contributed by atoms with Crippen LogP contribution in [-0.2, 0) is 4.79 Å². The maximum Gasteiger partial charge on any atom is 0.264 e. The molecule has 0 unspecified atom stereocenters. The first-order valence-corrected chi connectivity index (χ1v) is 14.7. The van der Waals surface area contributed by atoms with E-state index in [4.69, 9.17) is 15.6 Å². The molecule has 2 fully saturated rings. The Morgan fingerprint density at radius 1 is 1.20 bits per heavy atom. The highest BCUT2D eigenvalue weighted by molar-refractivity contribution is 5.99. The fourth-order valence-electron chi connectivity index (χ4n) is 5.85. The number of rotatable bonds is 8. The number of carbonyl (C=O) groups excluding carboxylic acids is 1. The molecule has 0 spiro atoms. The minimum Gasteiger partial charge on any atom is -0.454 e. The van der Waals surface area contributed by atoms with Crippen LogP contribution < -0.4 is 15.8 Å². The van der Waals surface area contributed by atoms with Crippen molar-refractivity contribution < 1.29 is 22.7 Å². The number of anilines is 1. The molecule has 2 aliphatic rings. The number of benzene rings is 2.